The first-order chi connectivity index (χ1) is 10.0. The van der Waals surface area contributed by atoms with E-state index in [-0.39, 0.29) is 12.1 Å². The van der Waals surface area contributed by atoms with Gasteiger partial charge in [-0.25, -0.2) is 0 Å². The second kappa shape index (κ2) is 5.13. The Bertz CT molecular complexity index is 657. The molecular formula is C17H20N2O2. The van der Waals surface area contributed by atoms with Crippen LogP contribution in [0.15, 0.2) is 42.7 Å². The van der Waals surface area contributed by atoms with E-state index in [1.165, 1.54) is 0 Å². The molecule has 0 fully saturated rings. The van der Waals surface area contributed by atoms with Gasteiger partial charge >= 0.3 is 0 Å². The molecule has 1 aromatic heterocycles. The van der Waals surface area contributed by atoms with Crippen LogP contribution in [0.1, 0.15) is 43.0 Å². The highest BCUT2D eigenvalue weighted by Crippen LogP contribution is 2.46. The third-order valence-corrected chi connectivity index (χ3v) is 3.88. The van der Waals surface area contributed by atoms with Crippen LogP contribution in [0.2, 0.25) is 0 Å². The Morgan fingerprint density at radius 1 is 1.33 bits per heavy atom. The number of nitrogens with zero attached hydrogens (tertiary/aromatic N) is 1. The van der Waals surface area contributed by atoms with Crippen LogP contribution in [0, 0.1) is 0 Å². The van der Waals surface area contributed by atoms with E-state index in [0.29, 0.717) is 12.2 Å². The average Bonchev–Trinajstić information content (AvgIpc) is 2.72. The summed E-state index contributed by atoms with van der Waals surface area (Å²) in [5.74, 6) is 0.661. The smallest absolute Gasteiger partial charge is 0.138 e. The van der Waals surface area contributed by atoms with Crippen LogP contribution in [0.25, 0.3) is 0 Å². The Kier molecular flexibility index (Phi) is 3.43. The number of fused-ring (bicyclic) bond motifs is 1. The molecule has 110 valence electrons. The number of ether oxygens (including phenoxy) is 1. The lowest BCUT2D eigenvalue weighted by atomic mass is 9.89. The van der Waals surface area contributed by atoms with Gasteiger partial charge < -0.3 is 15.6 Å². The third kappa shape index (κ3) is 2.41. The van der Waals surface area contributed by atoms with E-state index >= 15 is 0 Å². The van der Waals surface area contributed by atoms with Gasteiger partial charge in [-0.15, -0.1) is 0 Å². The normalized spacial score (nSPS) is 24.1. The molecular weight excluding hydrogens is 264 g/mol. The van der Waals surface area contributed by atoms with E-state index in [1.54, 1.807) is 12.4 Å². The van der Waals surface area contributed by atoms with E-state index in [4.69, 9.17) is 10.5 Å². The first kappa shape index (κ1) is 14.0. The van der Waals surface area contributed by atoms with Gasteiger partial charge in [0.25, 0.3) is 0 Å². The fraction of sp³-hybridized carbons (Fsp3) is 0.353. The van der Waals surface area contributed by atoms with Crippen molar-refractivity contribution in [3.8, 4) is 5.75 Å². The number of rotatable bonds is 3. The Hall–Kier alpha value is -1.91. The van der Waals surface area contributed by atoms with Crippen molar-refractivity contribution in [1.82, 2.24) is 4.98 Å². The molecule has 0 bridgehead atoms. The number of hydrogen-bond acceptors (Lipinski definition) is 4. The summed E-state index contributed by atoms with van der Waals surface area (Å²) in [5, 5.41) is 11.2. The Labute approximate surface area is 124 Å². The second-order valence-corrected chi connectivity index (χ2v) is 5.83. The predicted octanol–water partition coefficient (Wildman–Crippen LogP) is 2.51. The molecule has 3 N–H and O–H groups in total. The molecule has 3 rings (SSSR count). The van der Waals surface area contributed by atoms with E-state index < -0.39 is 5.60 Å². The third-order valence-electron chi connectivity index (χ3n) is 3.88. The highest BCUT2D eigenvalue weighted by atomic mass is 16.5. The quantitative estimate of drug-likeness (QED) is 0.908. The van der Waals surface area contributed by atoms with Crippen LogP contribution in [-0.2, 0) is 5.60 Å². The van der Waals surface area contributed by atoms with Crippen molar-refractivity contribution in [2.45, 2.75) is 38.0 Å². The van der Waals surface area contributed by atoms with Crippen molar-refractivity contribution < 1.29 is 9.84 Å². The van der Waals surface area contributed by atoms with E-state index in [0.717, 1.165) is 16.7 Å². The Balaban J connectivity index is 2.04. The van der Waals surface area contributed by atoms with Crippen molar-refractivity contribution in [1.29, 1.82) is 0 Å². The molecule has 0 radical (unpaired) electrons. The number of aliphatic hydroxyl groups is 1. The van der Waals surface area contributed by atoms with Crippen LogP contribution >= 0.6 is 0 Å². The summed E-state index contributed by atoms with van der Waals surface area (Å²) in [4.78, 5) is 4.20. The molecule has 0 amide bonds. The average molecular weight is 284 g/mol. The predicted molar refractivity (Wildman–Crippen MR) is 81.0 cm³/mol. The number of aromatic nitrogens is 1. The molecule has 2 unspecified atom stereocenters. The van der Waals surface area contributed by atoms with Gasteiger partial charge in [0, 0.05) is 24.2 Å². The summed E-state index contributed by atoms with van der Waals surface area (Å²) < 4.78 is 5.67. The molecule has 4 nitrogen and oxygen atoms in total. The standard InChI is InChI=1S/C17H20N2O2/c1-11(2)21-13-7-12(9-19-10-13)17(20)8-16(18)14-5-3-4-6-15(14)17/h3-7,9-11,16,20H,8,18H2,1-2H3. The maximum Gasteiger partial charge on any atom is 0.138 e. The van der Waals surface area contributed by atoms with Crippen molar-refractivity contribution >= 4 is 0 Å². The van der Waals surface area contributed by atoms with Gasteiger partial charge in [0.2, 0.25) is 0 Å². The van der Waals surface area contributed by atoms with Gasteiger partial charge in [-0.05, 0) is 31.0 Å². The lowest BCUT2D eigenvalue weighted by molar-refractivity contribution is 0.0767. The molecule has 0 saturated heterocycles. The van der Waals surface area contributed by atoms with Crippen LogP contribution in [-0.4, -0.2) is 16.2 Å². The van der Waals surface area contributed by atoms with Crippen LogP contribution < -0.4 is 10.5 Å². The highest BCUT2D eigenvalue weighted by molar-refractivity contribution is 5.47. The maximum absolute atomic E-state index is 11.2. The number of hydrogen-bond donors (Lipinski definition) is 2. The molecule has 4 heteroatoms. The molecule has 2 aromatic rings. The minimum Gasteiger partial charge on any atom is -0.489 e. The first-order valence-corrected chi connectivity index (χ1v) is 7.20. The highest BCUT2D eigenvalue weighted by Gasteiger charge is 2.42. The number of pyridine rings is 1. The maximum atomic E-state index is 11.2. The van der Waals surface area contributed by atoms with Crippen LogP contribution in [0.5, 0.6) is 5.75 Å². The molecule has 1 aromatic carbocycles. The minimum absolute atomic E-state index is 0.0646. The second-order valence-electron chi connectivity index (χ2n) is 5.83. The van der Waals surface area contributed by atoms with Crippen molar-refractivity contribution in [2.75, 3.05) is 0 Å². The summed E-state index contributed by atoms with van der Waals surface area (Å²) in [6.07, 6.45) is 3.87. The molecule has 0 saturated carbocycles. The van der Waals surface area contributed by atoms with Crippen molar-refractivity contribution in [3.63, 3.8) is 0 Å². The van der Waals surface area contributed by atoms with Gasteiger partial charge in [0.1, 0.15) is 11.4 Å². The van der Waals surface area contributed by atoms with E-state index in [2.05, 4.69) is 4.98 Å². The molecule has 0 aliphatic heterocycles. The zero-order chi connectivity index (χ0) is 15.0. The van der Waals surface area contributed by atoms with Gasteiger partial charge in [0.05, 0.1) is 12.3 Å². The lowest BCUT2D eigenvalue weighted by Gasteiger charge is -2.25. The molecule has 21 heavy (non-hydrogen) atoms. The van der Waals surface area contributed by atoms with Gasteiger partial charge in [0.15, 0.2) is 0 Å². The monoisotopic (exact) mass is 284 g/mol. The van der Waals surface area contributed by atoms with Gasteiger partial charge in [-0.1, -0.05) is 24.3 Å². The van der Waals surface area contributed by atoms with E-state index in [9.17, 15) is 5.11 Å². The van der Waals surface area contributed by atoms with Gasteiger partial charge in [-0.2, -0.15) is 0 Å². The molecule has 1 aliphatic carbocycles. The Morgan fingerprint density at radius 3 is 2.86 bits per heavy atom. The minimum atomic E-state index is -1.10. The first-order valence-electron chi connectivity index (χ1n) is 7.20. The largest absolute Gasteiger partial charge is 0.489 e. The number of benzene rings is 1. The fourth-order valence-electron chi connectivity index (χ4n) is 2.99. The molecule has 0 spiro atoms. The molecule has 2 atom stereocenters. The summed E-state index contributed by atoms with van der Waals surface area (Å²) in [7, 11) is 0. The summed E-state index contributed by atoms with van der Waals surface area (Å²) in [6.45, 7) is 3.92. The summed E-state index contributed by atoms with van der Waals surface area (Å²) >= 11 is 0. The molecule has 1 heterocycles. The summed E-state index contributed by atoms with van der Waals surface area (Å²) in [6, 6.07) is 9.45. The Morgan fingerprint density at radius 2 is 2.10 bits per heavy atom. The lowest BCUT2D eigenvalue weighted by Crippen LogP contribution is -2.25. The zero-order valence-electron chi connectivity index (χ0n) is 12.3. The number of nitrogens with two attached hydrogens (primary N) is 1. The fourth-order valence-corrected chi connectivity index (χ4v) is 2.99. The topological polar surface area (TPSA) is 68.4 Å². The zero-order valence-corrected chi connectivity index (χ0v) is 12.3. The van der Waals surface area contributed by atoms with Crippen LogP contribution in [0.3, 0.4) is 0 Å². The summed E-state index contributed by atoms with van der Waals surface area (Å²) in [5.41, 5.74) is 7.65. The molecule has 1 aliphatic rings. The van der Waals surface area contributed by atoms with Gasteiger partial charge in [-0.3, -0.25) is 4.98 Å². The van der Waals surface area contributed by atoms with Crippen molar-refractivity contribution in [3.05, 3.63) is 59.4 Å². The van der Waals surface area contributed by atoms with Crippen molar-refractivity contribution in [2.24, 2.45) is 5.73 Å². The van der Waals surface area contributed by atoms with Crippen LogP contribution in [0.4, 0.5) is 0 Å². The van der Waals surface area contributed by atoms with E-state index in [1.807, 2.05) is 44.2 Å². The SMILES string of the molecule is CC(C)Oc1cncc(C2(O)CC(N)c3ccccc32)c1.